The number of hydrogen-bond acceptors (Lipinski definition) is 3. The predicted molar refractivity (Wildman–Crippen MR) is 77.4 cm³/mol. The van der Waals surface area contributed by atoms with E-state index < -0.39 is 11.9 Å². The summed E-state index contributed by atoms with van der Waals surface area (Å²) >= 11 is 0. The maximum Gasteiger partial charge on any atom is 0.132 e. The van der Waals surface area contributed by atoms with E-state index in [9.17, 15) is 9.50 Å². The van der Waals surface area contributed by atoms with Crippen LogP contribution in [0.15, 0.2) is 18.2 Å². The zero-order chi connectivity index (χ0) is 14.5. The first kappa shape index (κ1) is 15.3. The average molecular weight is 281 g/mol. The minimum absolute atomic E-state index is 0.278. The Hall–Kier alpha value is -1.13. The summed E-state index contributed by atoms with van der Waals surface area (Å²) in [6.07, 6.45) is 2.20. The molecule has 1 aromatic rings. The van der Waals surface area contributed by atoms with Gasteiger partial charge in [-0.1, -0.05) is 13.0 Å². The van der Waals surface area contributed by atoms with Gasteiger partial charge in [-0.25, -0.2) is 4.39 Å². The van der Waals surface area contributed by atoms with Gasteiger partial charge in [-0.15, -0.1) is 0 Å². The topological polar surface area (TPSA) is 32.7 Å². The number of hydrogen-bond donors (Lipinski definition) is 1. The number of likely N-dealkylation sites (tertiary alicyclic amines) is 1. The molecule has 1 aromatic carbocycles. The van der Waals surface area contributed by atoms with E-state index in [1.165, 1.54) is 26.0 Å². The van der Waals surface area contributed by atoms with Crippen molar-refractivity contribution in [1.82, 2.24) is 4.90 Å². The first-order valence-corrected chi connectivity index (χ1v) is 7.34. The van der Waals surface area contributed by atoms with Gasteiger partial charge in [0, 0.05) is 13.1 Å². The molecule has 0 spiro atoms. The van der Waals surface area contributed by atoms with Crippen molar-refractivity contribution in [2.24, 2.45) is 5.92 Å². The predicted octanol–water partition coefficient (Wildman–Crippen LogP) is 2.99. The van der Waals surface area contributed by atoms with Gasteiger partial charge in [-0.05, 0) is 43.9 Å². The molecule has 112 valence electrons. The Balaban J connectivity index is 1.96. The Kier molecular flexibility index (Phi) is 5.38. The van der Waals surface area contributed by atoms with Gasteiger partial charge < -0.3 is 14.7 Å². The molecular formula is C16H24FNO2. The van der Waals surface area contributed by atoms with Crippen molar-refractivity contribution in [2.75, 3.05) is 26.7 Å². The van der Waals surface area contributed by atoms with E-state index in [4.69, 9.17) is 4.74 Å². The molecule has 0 aliphatic carbocycles. The number of methoxy groups -OCH3 is 1. The van der Waals surface area contributed by atoms with Crippen LogP contribution in [-0.4, -0.2) is 36.8 Å². The third-order valence-electron chi connectivity index (χ3n) is 4.03. The minimum Gasteiger partial charge on any atom is -0.496 e. The molecule has 1 fully saturated rings. The van der Waals surface area contributed by atoms with Crippen LogP contribution in [0, 0.1) is 11.7 Å². The summed E-state index contributed by atoms with van der Waals surface area (Å²) in [7, 11) is 1.50. The van der Waals surface area contributed by atoms with Crippen molar-refractivity contribution in [3.8, 4) is 5.75 Å². The number of rotatable bonds is 5. The van der Waals surface area contributed by atoms with Gasteiger partial charge in [-0.3, -0.25) is 0 Å². The van der Waals surface area contributed by atoms with Crippen LogP contribution >= 0.6 is 0 Å². The van der Waals surface area contributed by atoms with Gasteiger partial charge in [0.05, 0.1) is 18.8 Å². The Morgan fingerprint density at radius 1 is 1.50 bits per heavy atom. The molecule has 2 unspecified atom stereocenters. The number of nitrogens with zero attached hydrogens (tertiary/aromatic N) is 1. The van der Waals surface area contributed by atoms with Gasteiger partial charge in [0.25, 0.3) is 0 Å². The molecule has 0 saturated carbocycles. The van der Waals surface area contributed by atoms with Crippen LogP contribution < -0.4 is 4.74 Å². The lowest BCUT2D eigenvalue weighted by Crippen LogP contribution is -2.35. The van der Waals surface area contributed by atoms with E-state index in [0.29, 0.717) is 18.1 Å². The van der Waals surface area contributed by atoms with Crippen molar-refractivity contribution in [1.29, 1.82) is 0 Å². The van der Waals surface area contributed by atoms with E-state index in [1.54, 1.807) is 12.1 Å². The fourth-order valence-electron chi connectivity index (χ4n) is 2.96. The van der Waals surface area contributed by atoms with Crippen LogP contribution in [0.25, 0.3) is 0 Å². The molecule has 1 saturated heterocycles. The van der Waals surface area contributed by atoms with Gasteiger partial charge in [0.15, 0.2) is 0 Å². The van der Waals surface area contributed by atoms with Crippen molar-refractivity contribution >= 4 is 0 Å². The fourth-order valence-corrected chi connectivity index (χ4v) is 2.96. The number of aliphatic hydroxyl groups is 1. The molecule has 0 radical (unpaired) electrons. The Bertz CT molecular complexity index is 438. The van der Waals surface area contributed by atoms with E-state index >= 15 is 0 Å². The highest BCUT2D eigenvalue weighted by Gasteiger charge is 2.21. The summed E-state index contributed by atoms with van der Waals surface area (Å²) in [4.78, 5) is 2.35. The number of ether oxygens (including phenoxy) is 1. The SMILES string of the molecule is COc1cccc(F)c1C(O)CCN1CCCC(C)C1. The zero-order valence-corrected chi connectivity index (χ0v) is 12.3. The molecule has 1 heterocycles. The largest absolute Gasteiger partial charge is 0.496 e. The van der Waals surface area contributed by atoms with Crippen LogP contribution in [0.3, 0.4) is 0 Å². The molecule has 1 aliphatic heterocycles. The average Bonchev–Trinajstić information content (AvgIpc) is 2.44. The normalized spacial score (nSPS) is 21.7. The lowest BCUT2D eigenvalue weighted by Gasteiger charge is -2.31. The highest BCUT2D eigenvalue weighted by Crippen LogP contribution is 2.30. The van der Waals surface area contributed by atoms with Crippen LogP contribution in [0.2, 0.25) is 0 Å². The summed E-state index contributed by atoms with van der Waals surface area (Å²) in [5, 5.41) is 10.3. The standard InChI is InChI=1S/C16H24FNO2/c1-12-5-4-9-18(11-12)10-8-14(19)16-13(17)6-3-7-15(16)20-2/h3,6-7,12,14,19H,4-5,8-11H2,1-2H3. The second-order valence-electron chi connectivity index (χ2n) is 5.71. The summed E-state index contributed by atoms with van der Waals surface area (Å²) in [5.41, 5.74) is 0.278. The molecule has 1 N–H and O–H groups in total. The smallest absolute Gasteiger partial charge is 0.132 e. The lowest BCUT2D eigenvalue weighted by atomic mass is 9.99. The first-order chi connectivity index (χ1) is 9.61. The zero-order valence-electron chi connectivity index (χ0n) is 12.3. The number of piperidine rings is 1. The fraction of sp³-hybridized carbons (Fsp3) is 0.625. The molecule has 2 rings (SSSR count). The third-order valence-corrected chi connectivity index (χ3v) is 4.03. The van der Waals surface area contributed by atoms with Crippen molar-refractivity contribution in [3.05, 3.63) is 29.6 Å². The van der Waals surface area contributed by atoms with Crippen molar-refractivity contribution in [3.63, 3.8) is 0 Å². The molecule has 20 heavy (non-hydrogen) atoms. The van der Waals surface area contributed by atoms with Gasteiger partial charge >= 0.3 is 0 Å². The summed E-state index contributed by atoms with van der Waals surface area (Å²) < 4.78 is 19.0. The number of benzene rings is 1. The van der Waals surface area contributed by atoms with E-state index in [0.717, 1.165) is 19.6 Å². The molecule has 2 atom stereocenters. The second kappa shape index (κ2) is 7.04. The summed E-state index contributed by atoms with van der Waals surface area (Å²) in [5.74, 6) is 0.734. The quantitative estimate of drug-likeness (QED) is 0.900. The van der Waals surface area contributed by atoms with E-state index in [2.05, 4.69) is 11.8 Å². The highest BCUT2D eigenvalue weighted by molar-refractivity contribution is 5.36. The van der Waals surface area contributed by atoms with Crippen LogP contribution in [-0.2, 0) is 0 Å². The lowest BCUT2D eigenvalue weighted by molar-refractivity contribution is 0.117. The Morgan fingerprint density at radius 3 is 3.00 bits per heavy atom. The molecular weight excluding hydrogens is 257 g/mol. The first-order valence-electron chi connectivity index (χ1n) is 7.34. The van der Waals surface area contributed by atoms with Gasteiger partial charge in [-0.2, -0.15) is 0 Å². The molecule has 0 bridgehead atoms. The van der Waals surface area contributed by atoms with Crippen LogP contribution in [0.1, 0.15) is 37.9 Å². The maximum absolute atomic E-state index is 13.9. The monoisotopic (exact) mass is 281 g/mol. The Morgan fingerprint density at radius 2 is 2.30 bits per heavy atom. The van der Waals surface area contributed by atoms with Gasteiger partial charge in [0.2, 0.25) is 0 Å². The summed E-state index contributed by atoms with van der Waals surface area (Å²) in [6, 6.07) is 4.64. The Labute approximate surface area is 120 Å². The number of aliphatic hydroxyl groups excluding tert-OH is 1. The van der Waals surface area contributed by atoms with Crippen LogP contribution in [0.4, 0.5) is 4.39 Å². The molecule has 0 aromatic heterocycles. The van der Waals surface area contributed by atoms with Gasteiger partial charge in [0.1, 0.15) is 11.6 Å². The minimum atomic E-state index is -0.816. The second-order valence-corrected chi connectivity index (χ2v) is 5.71. The highest BCUT2D eigenvalue weighted by atomic mass is 19.1. The maximum atomic E-state index is 13.9. The van der Waals surface area contributed by atoms with Crippen molar-refractivity contribution < 1.29 is 14.2 Å². The molecule has 0 amide bonds. The summed E-state index contributed by atoms with van der Waals surface area (Å²) in [6.45, 7) is 5.19. The third kappa shape index (κ3) is 3.70. The number of halogens is 1. The molecule has 1 aliphatic rings. The van der Waals surface area contributed by atoms with E-state index in [1.807, 2.05) is 0 Å². The van der Waals surface area contributed by atoms with E-state index in [-0.39, 0.29) is 5.56 Å². The molecule has 4 heteroatoms. The van der Waals surface area contributed by atoms with Crippen molar-refractivity contribution in [2.45, 2.75) is 32.3 Å². The van der Waals surface area contributed by atoms with Crippen LogP contribution in [0.5, 0.6) is 5.75 Å². The molecule has 3 nitrogen and oxygen atoms in total.